The molecule has 1 aliphatic carbocycles. The van der Waals surface area contributed by atoms with Gasteiger partial charge in [0.05, 0.1) is 0 Å². The smallest absolute Gasteiger partial charge is 0.0355 e. The zero-order valence-corrected chi connectivity index (χ0v) is 13.7. The molecule has 5 aromatic carbocycles. The van der Waals surface area contributed by atoms with Crippen molar-refractivity contribution in [3.63, 3.8) is 0 Å². The van der Waals surface area contributed by atoms with Crippen LogP contribution in [0.1, 0.15) is 22.6 Å². The summed E-state index contributed by atoms with van der Waals surface area (Å²) in [6.07, 6.45) is 5.72. The third-order valence-corrected chi connectivity index (χ3v) is 5.59. The van der Waals surface area contributed by atoms with E-state index in [4.69, 9.17) is 0 Å². The monoisotopic (exact) mass is 315 g/mol. The molecule has 0 aliphatic heterocycles. The molecule has 0 spiro atoms. The average Bonchev–Trinajstić information content (AvgIpc) is 3.10. The molecule has 0 amide bonds. The van der Waals surface area contributed by atoms with Gasteiger partial charge in [0.15, 0.2) is 0 Å². The molecule has 25 heavy (non-hydrogen) atoms. The Morgan fingerprint density at radius 1 is 0.560 bits per heavy atom. The van der Waals surface area contributed by atoms with Crippen LogP contribution < -0.4 is 0 Å². The quantitative estimate of drug-likeness (QED) is 0.308. The molecule has 0 nitrogen and oxygen atoms in total. The van der Waals surface area contributed by atoms with Crippen molar-refractivity contribution in [1.29, 1.82) is 0 Å². The summed E-state index contributed by atoms with van der Waals surface area (Å²) in [5.41, 5.74) is 4.00. The highest BCUT2D eigenvalue weighted by atomic mass is 14.2. The summed E-state index contributed by atoms with van der Waals surface area (Å²) in [6, 6.07) is 28.8. The van der Waals surface area contributed by atoms with Gasteiger partial charge in [-0.3, -0.25) is 0 Å². The standard InChI is InChI=1S/C25H15/c1-2-7-20-16(4-1)10-13-21(20)22-14-11-19-9-8-17-5-3-6-18-12-15-23(22)25(19)24(17)18/h1-12,14-15,21H. The molecule has 115 valence electrons. The Morgan fingerprint density at radius 2 is 1.28 bits per heavy atom. The summed E-state index contributed by atoms with van der Waals surface area (Å²) >= 11 is 0. The number of hydrogen-bond acceptors (Lipinski definition) is 0. The Morgan fingerprint density at radius 3 is 2.16 bits per heavy atom. The zero-order valence-electron chi connectivity index (χ0n) is 13.7. The fraction of sp³-hybridized carbons (Fsp3) is 0.0400. The van der Waals surface area contributed by atoms with Crippen molar-refractivity contribution >= 4 is 38.4 Å². The first kappa shape index (κ1) is 13.2. The molecule has 0 N–H and O–H groups in total. The Labute approximate surface area is 146 Å². The predicted octanol–water partition coefficient (Wildman–Crippen LogP) is 6.55. The van der Waals surface area contributed by atoms with Crippen molar-refractivity contribution in [3.05, 3.63) is 102 Å². The van der Waals surface area contributed by atoms with Crippen LogP contribution in [0.5, 0.6) is 0 Å². The highest BCUT2D eigenvalue weighted by Gasteiger charge is 2.22. The molecule has 0 aromatic heterocycles. The highest BCUT2D eigenvalue weighted by Crippen LogP contribution is 2.42. The van der Waals surface area contributed by atoms with Crippen LogP contribution in [-0.4, -0.2) is 0 Å². The molecule has 1 aliphatic rings. The predicted molar refractivity (Wildman–Crippen MR) is 106 cm³/mol. The van der Waals surface area contributed by atoms with Crippen LogP contribution in [0.3, 0.4) is 0 Å². The third-order valence-electron chi connectivity index (χ3n) is 5.59. The van der Waals surface area contributed by atoms with Gasteiger partial charge in [0.2, 0.25) is 0 Å². The van der Waals surface area contributed by atoms with E-state index in [9.17, 15) is 0 Å². The van der Waals surface area contributed by atoms with Crippen LogP contribution in [0.4, 0.5) is 0 Å². The van der Waals surface area contributed by atoms with E-state index >= 15 is 0 Å². The van der Waals surface area contributed by atoms with Crippen LogP contribution >= 0.6 is 0 Å². The molecule has 0 saturated heterocycles. The molecule has 0 heteroatoms. The number of fused-ring (bicyclic) bond motifs is 1. The van der Waals surface area contributed by atoms with Gasteiger partial charge in [-0.2, -0.15) is 0 Å². The maximum atomic E-state index is 3.59. The minimum absolute atomic E-state index is 0.223. The fourth-order valence-electron chi connectivity index (χ4n) is 4.44. The van der Waals surface area contributed by atoms with Crippen LogP contribution in [0.25, 0.3) is 38.4 Å². The van der Waals surface area contributed by atoms with Gasteiger partial charge in [-0.25, -0.2) is 0 Å². The number of rotatable bonds is 1. The van der Waals surface area contributed by atoms with Gasteiger partial charge in [0, 0.05) is 5.92 Å². The van der Waals surface area contributed by atoms with Gasteiger partial charge in [0.25, 0.3) is 0 Å². The molecule has 1 unspecified atom stereocenters. The van der Waals surface area contributed by atoms with E-state index in [1.807, 2.05) is 0 Å². The van der Waals surface area contributed by atoms with E-state index in [1.54, 1.807) is 0 Å². The Kier molecular flexibility index (Phi) is 2.48. The number of hydrogen-bond donors (Lipinski definition) is 0. The van der Waals surface area contributed by atoms with E-state index in [2.05, 4.69) is 91.0 Å². The van der Waals surface area contributed by atoms with E-state index in [1.165, 1.54) is 49.0 Å². The molecular formula is C25H15. The fourth-order valence-corrected chi connectivity index (χ4v) is 4.44. The molecule has 1 radical (unpaired) electrons. The summed E-state index contributed by atoms with van der Waals surface area (Å²) in [4.78, 5) is 0. The van der Waals surface area contributed by atoms with Crippen LogP contribution in [0.15, 0.2) is 78.9 Å². The maximum Gasteiger partial charge on any atom is 0.0355 e. The van der Waals surface area contributed by atoms with E-state index in [0.717, 1.165) is 0 Å². The molecule has 0 saturated carbocycles. The summed E-state index contributed by atoms with van der Waals surface area (Å²) in [5, 5.41) is 8.08. The van der Waals surface area contributed by atoms with Crippen molar-refractivity contribution < 1.29 is 0 Å². The number of benzene rings is 5. The largest absolute Gasteiger partial charge is 0.0619 e. The molecule has 0 fully saturated rings. The second-order valence-corrected chi connectivity index (χ2v) is 6.88. The summed E-state index contributed by atoms with van der Waals surface area (Å²) < 4.78 is 0. The third kappa shape index (κ3) is 1.71. The van der Waals surface area contributed by atoms with Crippen LogP contribution in [0.2, 0.25) is 0 Å². The van der Waals surface area contributed by atoms with E-state index in [-0.39, 0.29) is 5.92 Å². The normalized spacial score (nSPS) is 16.2. The topological polar surface area (TPSA) is 0 Å². The summed E-state index contributed by atoms with van der Waals surface area (Å²) in [6.45, 7) is 0. The molecule has 0 heterocycles. The molecule has 0 bridgehead atoms. The average molecular weight is 315 g/mol. The maximum absolute atomic E-state index is 3.59. The van der Waals surface area contributed by atoms with Gasteiger partial charge >= 0.3 is 0 Å². The Balaban J connectivity index is 1.74. The van der Waals surface area contributed by atoms with Gasteiger partial charge in [-0.15, -0.1) is 0 Å². The van der Waals surface area contributed by atoms with Gasteiger partial charge in [0.1, 0.15) is 0 Å². The number of allylic oxidation sites excluding steroid dienone is 1. The lowest BCUT2D eigenvalue weighted by Gasteiger charge is -2.17. The minimum Gasteiger partial charge on any atom is -0.0619 e. The Bertz CT molecular complexity index is 1270. The van der Waals surface area contributed by atoms with Crippen molar-refractivity contribution in [2.75, 3.05) is 0 Å². The highest BCUT2D eigenvalue weighted by molar-refractivity contribution is 6.23. The first-order chi connectivity index (χ1) is 12.4. The summed E-state index contributed by atoms with van der Waals surface area (Å²) in [7, 11) is 0. The van der Waals surface area contributed by atoms with Crippen molar-refractivity contribution in [2.24, 2.45) is 0 Å². The summed E-state index contributed by atoms with van der Waals surface area (Å²) in [5.74, 6) is 0.223. The first-order valence-corrected chi connectivity index (χ1v) is 8.75. The lowest BCUT2D eigenvalue weighted by Crippen LogP contribution is -1.98. The van der Waals surface area contributed by atoms with Crippen LogP contribution in [0, 0.1) is 6.08 Å². The molecule has 6 rings (SSSR count). The lowest BCUT2D eigenvalue weighted by atomic mass is 9.85. The molecular weight excluding hydrogens is 300 g/mol. The Hall–Kier alpha value is -3.12. The van der Waals surface area contributed by atoms with Crippen LogP contribution in [-0.2, 0) is 0 Å². The van der Waals surface area contributed by atoms with E-state index < -0.39 is 0 Å². The zero-order chi connectivity index (χ0) is 16.4. The van der Waals surface area contributed by atoms with E-state index in [0.29, 0.717) is 0 Å². The second-order valence-electron chi connectivity index (χ2n) is 6.88. The second kappa shape index (κ2) is 4.70. The lowest BCUT2D eigenvalue weighted by molar-refractivity contribution is 1.04. The van der Waals surface area contributed by atoms with Crippen molar-refractivity contribution in [1.82, 2.24) is 0 Å². The molecule has 5 aromatic rings. The van der Waals surface area contributed by atoms with Gasteiger partial charge in [-0.05, 0) is 55.1 Å². The first-order valence-electron chi connectivity index (χ1n) is 8.75. The van der Waals surface area contributed by atoms with Crippen molar-refractivity contribution in [3.8, 4) is 0 Å². The van der Waals surface area contributed by atoms with Crippen molar-refractivity contribution in [2.45, 2.75) is 5.92 Å². The molecule has 1 atom stereocenters. The minimum atomic E-state index is 0.223. The van der Waals surface area contributed by atoms with Gasteiger partial charge < -0.3 is 0 Å². The van der Waals surface area contributed by atoms with Gasteiger partial charge in [-0.1, -0.05) is 84.9 Å². The SMILES string of the molecule is [C]1=Cc2ccccc2C1c1ccc2ccc3cccc4ccc1c2c34.